The van der Waals surface area contributed by atoms with Crippen molar-refractivity contribution in [1.82, 2.24) is 0 Å². The fourth-order valence-corrected chi connectivity index (χ4v) is 3.15. The lowest BCUT2D eigenvalue weighted by Crippen LogP contribution is -2.11. The number of rotatable bonds is 2. The summed E-state index contributed by atoms with van der Waals surface area (Å²) in [5.74, 6) is 0.121. The molecule has 0 saturated heterocycles. The Bertz CT molecular complexity index is 633. The molecule has 0 aliphatic carbocycles. The summed E-state index contributed by atoms with van der Waals surface area (Å²) in [5.41, 5.74) is 2.23. The third-order valence-corrected chi connectivity index (χ3v) is 5.09. The third kappa shape index (κ3) is 3.62. The average Bonchev–Trinajstić information content (AvgIpc) is 2.86. The number of benzene rings is 1. The smallest absolute Gasteiger partial charge is 0.202 e. The van der Waals surface area contributed by atoms with Gasteiger partial charge in [-0.2, -0.15) is 0 Å². The fourth-order valence-electron chi connectivity index (χ4n) is 2.13. The Morgan fingerprint density at radius 2 is 1.38 bits per heavy atom. The summed E-state index contributed by atoms with van der Waals surface area (Å²) in [4.78, 5) is 14.6. The van der Waals surface area contributed by atoms with Gasteiger partial charge in [-0.15, -0.1) is 11.3 Å². The first kappa shape index (κ1) is 16.0. The topological polar surface area (TPSA) is 17.1 Å². The van der Waals surface area contributed by atoms with Gasteiger partial charge in [0, 0.05) is 10.4 Å². The lowest BCUT2D eigenvalue weighted by Gasteiger charge is -2.18. The van der Waals surface area contributed by atoms with Crippen LogP contribution < -0.4 is 0 Å². The van der Waals surface area contributed by atoms with E-state index in [1.807, 2.05) is 18.2 Å². The molecule has 1 nitrogen and oxygen atoms in total. The van der Waals surface area contributed by atoms with E-state index < -0.39 is 0 Å². The number of hydrogen-bond donors (Lipinski definition) is 0. The molecule has 0 bridgehead atoms. The maximum Gasteiger partial charge on any atom is 0.202 e. The van der Waals surface area contributed by atoms with Gasteiger partial charge < -0.3 is 0 Å². The van der Waals surface area contributed by atoms with Gasteiger partial charge in [-0.05, 0) is 28.5 Å². The Morgan fingerprint density at radius 1 is 0.810 bits per heavy atom. The van der Waals surface area contributed by atoms with E-state index in [4.69, 9.17) is 0 Å². The van der Waals surface area contributed by atoms with Crippen LogP contribution in [0.3, 0.4) is 0 Å². The van der Waals surface area contributed by atoms with Crippen LogP contribution in [0.4, 0.5) is 0 Å². The molecule has 1 aromatic carbocycles. The number of ketones is 1. The van der Waals surface area contributed by atoms with Crippen LogP contribution in [0.1, 0.15) is 67.2 Å². The lowest BCUT2D eigenvalue weighted by molar-refractivity contribution is 0.104. The first-order valence-electron chi connectivity index (χ1n) is 7.34. The lowest BCUT2D eigenvalue weighted by atomic mass is 9.86. The van der Waals surface area contributed by atoms with Crippen LogP contribution in [0.5, 0.6) is 0 Å². The largest absolute Gasteiger partial charge is 0.288 e. The zero-order chi connectivity index (χ0) is 15.8. The maximum absolute atomic E-state index is 12.6. The molecule has 2 aromatic rings. The van der Waals surface area contributed by atoms with Crippen LogP contribution in [0.15, 0.2) is 36.4 Å². The molecule has 0 radical (unpaired) electrons. The molecule has 0 aliphatic rings. The van der Waals surface area contributed by atoms with Gasteiger partial charge in [0.1, 0.15) is 0 Å². The number of hydrogen-bond acceptors (Lipinski definition) is 2. The summed E-state index contributed by atoms with van der Waals surface area (Å²) in [6, 6.07) is 12.0. The maximum atomic E-state index is 12.6. The van der Waals surface area contributed by atoms with E-state index in [1.54, 1.807) is 11.3 Å². The zero-order valence-corrected chi connectivity index (χ0v) is 14.6. The molecule has 21 heavy (non-hydrogen) atoms. The van der Waals surface area contributed by atoms with Crippen LogP contribution in [0, 0.1) is 0 Å². The van der Waals surface area contributed by atoms with Crippen molar-refractivity contribution in [3.63, 3.8) is 0 Å². The Kier molecular flexibility index (Phi) is 4.12. The summed E-state index contributed by atoms with van der Waals surface area (Å²) in [7, 11) is 0. The van der Waals surface area contributed by atoms with E-state index in [1.165, 1.54) is 10.4 Å². The second kappa shape index (κ2) is 5.42. The summed E-state index contributed by atoms with van der Waals surface area (Å²) in [6.45, 7) is 13.1. The third-order valence-electron chi connectivity index (χ3n) is 3.58. The van der Waals surface area contributed by atoms with E-state index in [0.717, 1.165) is 10.4 Å². The Hall–Kier alpha value is -1.41. The first-order valence-corrected chi connectivity index (χ1v) is 8.16. The van der Waals surface area contributed by atoms with Crippen molar-refractivity contribution in [3.8, 4) is 0 Å². The molecule has 112 valence electrons. The molecule has 0 amide bonds. The second-order valence-corrected chi connectivity index (χ2v) is 8.65. The average molecular weight is 300 g/mol. The molecule has 0 saturated carbocycles. The molecule has 0 fully saturated rings. The highest BCUT2D eigenvalue weighted by Crippen LogP contribution is 2.31. The van der Waals surface area contributed by atoms with E-state index in [2.05, 4.69) is 59.7 Å². The predicted octanol–water partition coefficient (Wildman–Crippen LogP) is 5.57. The minimum atomic E-state index is 0.0965. The standard InChI is InChI=1S/C19H24OS/c1-18(2,3)14-9-7-13(8-10-14)17(20)15-11-12-16(21-15)19(4,5)6/h7-12H,1-6H3. The van der Waals surface area contributed by atoms with Crippen molar-refractivity contribution in [1.29, 1.82) is 0 Å². The van der Waals surface area contributed by atoms with Gasteiger partial charge in [0.15, 0.2) is 0 Å². The fraction of sp³-hybridized carbons (Fsp3) is 0.421. The molecule has 2 rings (SSSR count). The zero-order valence-electron chi connectivity index (χ0n) is 13.8. The normalized spacial score (nSPS) is 12.5. The SMILES string of the molecule is CC(C)(C)c1ccc(C(=O)c2ccc(C(C)(C)C)s2)cc1. The minimum absolute atomic E-state index is 0.0965. The molecule has 0 spiro atoms. The molecule has 1 aromatic heterocycles. The van der Waals surface area contributed by atoms with Crippen molar-refractivity contribution >= 4 is 17.1 Å². The van der Waals surface area contributed by atoms with Gasteiger partial charge >= 0.3 is 0 Å². The van der Waals surface area contributed by atoms with Crippen LogP contribution >= 0.6 is 11.3 Å². The summed E-state index contributed by atoms with van der Waals surface area (Å²) in [6.07, 6.45) is 0. The Morgan fingerprint density at radius 3 is 1.81 bits per heavy atom. The van der Waals surface area contributed by atoms with Crippen LogP contribution in [-0.4, -0.2) is 5.78 Å². The van der Waals surface area contributed by atoms with Crippen molar-refractivity contribution in [2.75, 3.05) is 0 Å². The molecule has 0 aliphatic heterocycles. The van der Waals surface area contributed by atoms with Gasteiger partial charge in [0.05, 0.1) is 4.88 Å². The van der Waals surface area contributed by atoms with Gasteiger partial charge in [0.25, 0.3) is 0 Å². The molecule has 0 atom stereocenters. The highest BCUT2D eigenvalue weighted by Gasteiger charge is 2.20. The molecule has 0 N–H and O–H groups in total. The minimum Gasteiger partial charge on any atom is -0.288 e. The van der Waals surface area contributed by atoms with Crippen molar-refractivity contribution in [2.24, 2.45) is 0 Å². The highest BCUT2D eigenvalue weighted by atomic mass is 32.1. The molecule has 1 heterocycles. The van der Waals surface area contributed by atoms with E-state index >= 15 is 0 Å². The molecular weight excluding hydrogens is 276 g/mol. The van der Waals surface area contributed by atoms with Crippen molar-refractivity contribution < 1.29 is 4.79 Å². The van der Waals surface area contributed by atoms with Crippen LogP contribution in [0.2, 0.25) is 0 Å². The summed E-state index contributed by atoms with van der Waals surface area (Å²) >= 11 is 1.60. The van der Waals surface area contributed by atoms with Crippen molar-refractivity contribution in [3.05, 3.63) is 57.3 Å². The first-order chi connectivity index (χ1) is 9.59. The quantitative estimate of drug-likeness (QED) is 0.662. The number of carbonyl (C=O) groups is 1. The highest BCUT2D eigenvalue weighted by molar-refractivity contribution is 7.14. The summed E-state index contributed by atoms with van der Waals surface area (Å²) in [5, 5.41) is 0. The predicted molar refractivity (Wildman–Crippen MR) is 91.6 cm³/mol. The molecule has 2 heteroatoms. The molecular formula is C19H24OS. The van der Waals surface area contributed by atoms with Crippen molar-refractivity contribution in [2.45, 2.75) is 52.4 Å². The number of thiophene rings is 1. The Balaban J connectivity index is 2.26. The van der Waals surface area contributed by atoms with Gasteiger partial charge in [-0.25, -0.2) is 0 Å². The van der Waals surface area contributed by atoms with Crippen LogP contribution in [0.25, 0.3) is 0 Å². The van der Waals surface area contributed by atoms with Gasteiger partial charge in [0.2, 0.25) is 5.78 Å². The second-order valence-electron chi connectivity index (χ2n) is 7.57. The van der Waals surface area contributed by atoms with E-state index in [9.17, 15) is 4.79 Å². The van der Waals surface area contributed by atoms with Gasteiger partial charge in [-0.3, -0.25) is 4.79 Å². The van der Waals surface area contributed by atoms with Crippen LogP contribution in [-0.2, 0) is 10.8 Å². The van der Waals surface area contributed by atoms with E-state index in [0.29, 0.717) is 0 Å². The van der Waals surface area contributed by atoms with Gasteiger partial charge in [-0.1, -0.05) is 65.8 Å². The Labute approximate surface area is 132 Å². The monoisotopic (exact) mass is 300 g/mol. The molecule has 0 unspecified atom stereocenters. The summed E-state index contributed by atoms with van der Waals surface area (Å²) < 4.78 is 0. The number of carbonyl (C=O) groups excluding carboxylic acids is 1. The van der Waals surface area contributed by atoms with E-state index in [-0.39, 0.29) is 16.6 Å².